The Bertz CT molecular complexity index is 684. The molecule has 23 heavy (non-hydrogen) atoms. The lowest BCUT2D eigenvalue weighted by molar-refractivity contribution is -0.125. The fourth-order valence-electron chi connectivity index (χ4n) is 2.36. The first-order valence-electron chi connectivity index (χ1n) is 7.28. The van der Waals surface area contributed by atoms with E-state index >= 15 is 0 Å². The van der Waals surface area contributed by atoms with E-state index in [0.29, 0.717) is 30.6 Å². The van der Waals surface area contributed by atoms with Crippen molar-refractivity contribution in [2.75, 3.05) is 20.2 Å². The molecule has 1 aliphatic rings. The number of aromatic nitrogens is 2. The van der Waals surface area contributed by atoms with Gasteiger partial charge >= 0.3 is 0 Å². The van der Waals surface area contributed by atoms with Crippen LogP contribution in [0.4, 0.5) is 0 Å². The number of carbonyl (C=O) groups is 1. The van der Waals surface area contributed by atoms with Gasteiger partial charge in [0.1, 0.15) is 11.9 Å². The Kier molecular flexibility index (Phi) is 4.56. The maximum atomic E-state index is 12.2. The number of methoxy groups -OCH3 is 1. The molecule has 0 aromatic carbocycles. The molecule has 0 saturated carbocycles. The summed E-state index contributed by atoms with van der Waals surface area (Å²) in [7, 11) is 1.51. The highest BCUT2D eigenvalue weighted by Gasteiger charge is 2.27. The van der Waals surface area contributed by atoms with E-state index in [9.17, 15) is 4.79 Å². The zero-order valence-electron chi connectivity index (χ0n) is 12.7. The Labute approximate surface area is 133 Å². The summed E-state index contributed by atoms with van der Waals surface area (Å²) < 4.78 is 16.1. The first-order chi connectivity index (χ1) is 11.3. The highest BCUT2D eigenvalue weighted by Crippen LogP contribution is 2.24. The third-order valence-corrected chi connectivity index (χ3v) is 3.49. The normalized spacial score (nSPS) is 17.6. The van der Waals surface area contributed by atoms with E-state index in [4.69, 9.17) is 13.9 Å². The predicted octanol–water partition coefficient (Wildman–Crippen LogP) is 1.77. The number of rotatable bonds is 5. The Morgan fingerprint density at radius 1 is 1.39 bits per heavy atom. The highest BCUT2D eigenvalue weighted by molar-refractivity contribution is 5.91. The fraction of sp³-hybridized carbons (Fsp3) is 0.312. The van der Waals surface area contributed by atoms with Gasteiger partial charge in [0.25, 0.3) is 11.8 Å². The molecule has 3 heterocycles. The van der Waals surface area contributed by atoms with E-state index in [-0.39, 0.29) is 12.0 Å². The monoisotopic (exact) mass is 315 g/mol. The summed E-state index contributed by atoms with van der Waals surface area (Å²) in [4.78, 5) is 22.0. The van der Waals surface area contributed by atoms with Crippen LogP contribution in [-0.2, 0) is 4.79 Å². The lowest BCUT2D eigenvalue weighted by Gasteiger charge is -2.15. The summed E-state index contributed by atoms with van der Waals surface area (Å²) in [6, 6.07) is 3.57. The van der Waals surface area contributed by atoms with Crippen LogP contribution in [0.1, 0.15) is 12.2 Å². The van der Waals surface area contributed by atoms with Crippen molar-refractivity contribution in [3.05, 3.63) is 42.6 Å². The molecule has 7 heteroatoms. The summed E-state index contributed by atoms with van der Waals surface area (Å²) in [5, 5.41) is 0. The molecule has 1 saturated heterocycles. The molecule has 3 rings (SSSR count). The molecule has 1 atom stereocenters. The number of furan rings is 1. The molecule has 2 aromatic rings. The summed E-state index contributed by atoms with van der Waals surface area (Å²) in [5.74, 6) is 1.27. The van der Waals surface area contributed by atoms with Gasteiger partial charge in [0.15, 0.2) is 0 Å². The van der Waals surface area contributed by atoms with E-state index in [1.54, 1.807) is 35.6 Å². The predicted molar refractivity (Wildman–Crippen MR) is 81.9 cm³/mol. The SMILES string of the molecule is COc1nccnc1O[C@@H]1CCN(C(=O)/C=C/c2ccco2)C1. The number of hydrogen-bond donors (Lipinski definition) is 0. The van der Waals surface area contributed by atoms with Crippen molar-refractivity contribution < 1.29 is 18.7 Å². The average molecular weight is 315 g/mol. The highest BCUT2D eigenvalue weighted by atomic mass is 16.5. The Balaban J connectivity index is 1.57. The van der Waals surface area contributed by atoms with Crippen LogP contribution in [0.15, 0.2) is 41.3 Å². The minimum atomic E-state index is -0.124. The maximum Gasteiger partial charge on any atom is 0.278 e. The Morgan fingerprint density at radius 2 is 2.22 bits per heavy atom. The molecule has 120 valence electrons. The molecular weight excluding hydrogens is 298 g/mol. The van der Waals surface area contributed by atoms with Crippen molar-refractivity contribution >= 4 is 12.0 Å². The third kappa shape index (κ3) is 3.68. The molecule has 1 aliphatic heterocycles. The van der Waals surface area contributed by atoms with Gasteiger partial charge in [-0.25, -0.2) is 9.97 Å². The number of likely N-dealkylation sites (tertiary alicyclic amines) is 1. The van der Waals surface area contributed by atoms with Crippen LogP contribution < -0.4 is 9.47 Å². The summed E-state index contributed by atoms with van der Waals surface area (Å²) in [6.45, 7) is 1.13. The van der Waals surface area contributed by atoms with Gasteiger partial charge < -0.3 is 18.8 Å². The Morgan fingerprint density at radius 3 is 2.96 bits per heavy atom. The molecule has 1 amide bonds. The number of hydrogen-bond acceptors (Lipinski definition) is 6. The van der Waals surface area contributed by atoms with Gasteiger partial charge in [-0.3, -0.25) is 4.79 Å². The van der Waals surface area contributed by atoms with E-state index < -0.39 is 0 Å². The Hall–Kier alpha value is -2.83. The molecule has 0 unspecified atom stereocenters. The van der Waals surface area contributed by atoms with Crippen molar-refractivity contribution in [1.29, 1.82) is 0 Å². The fourth-order valence-corrected chi connectivity index (χ4v) is 2.36. The largest absolute Gasteiger partial charge is 0.477 e. The van der Waals surface area contributed by atoms with E-state index in [2.05, 4.69) is 9.97 Å². The van der Waals surface area contributed by atoms with Gasteiger partial charge in [0.2, 0.25) is 5.91 Å². The van der Waals surface area contributed by atoms with Crippen molar-refractivity contribution in [2.24, 2.45) is 0 Å². The van der Waals surface area contributed by atoms with Gasteiger partial charge in [0, 0.05) is 31.4 Å². The second-order valence-corrected chi connectivity index (χ2v) is 5.03. The standard InChI is InChI=1S/C16H17N3O4/c1-21-15-16(18-8-7-17-15)23-13-6-9-19(11-13)14(20)5-4-12-3-2-10-22-12/h2-5,7-8,10,13H,6,9,11H2,1H3/b5-4+/t13-/m1/s1. The second-order valence-electron chi connectivity index (χ2n) is 5.03. The van der Waals surface area contributed by atoms with Crippen LogP contribution >= 0.6 is 0 Å². The number of carbonyl (C=O) groups excluding carboxylic acids is 1. The zero-order valence-corrected chi connectivity index (χ0v) is 12.7. The van der Waals surface area contributed by atoms with Gasteiger partial charge in [-0.05, 0) is 18.2 Å². The molecule has 1 fully saturated rings. The average Bonchev–Trinajstić information content (AvgIpc) is 3.25. The van der Waals surface area contributed by atoms with E-state index in [1.165, 1.54) is 19.4 Å². The summed E-state index contributed by atoms with van der Waals surface area (Å²) >= 11 is 0. The second kappa shape index (κ2) is 6.95. The van der Waals surface area contributed by atoms with Gasteiger partial charge in [-0.15, -0.1) is 0 Å². The molecule has 2 aromatic heterocycles. The topological polar surface area (TPSA) is 77.7 Å². The molecular formula is C16H17N3O4. The minimum absolute atomic E-state index is 0.0707. The van der Waals surface area contributed by atoms with Crippen LogP contribution in [0.2, 0.25) is 0 Å². The lowest BCUT2D eigenvalue weighted by Crippen LogP contribution is -2.29. The molecule has 7 nitrogen and oxygen atoms in total. The van der Waals surface area contributed by atoms with Crippen molar-refractivity contribution in [3.63, 3.8) is 0 Å². The van der Waals surface area contributed by atoms with E-state index in [0.717, 1.165) is 6.42 Å². The molecule has 0 bridgehead atoms. The van der Waals surface area contributed by atoms with Crippen molar-refractivity contribution in [1.82, 2.24) is 14.9 Å². The molecule has 0 N–H and O–H groups in total. The van der Waals surface area contributed by atoms with Crippen LogP contribution in [-0.4, -0.2) is 47.1 Å². The van der Waals surface area contributed by atoms with Crippen LogP contribution in [0.25, 0.3) is 6.08 Å². The smallest absolute Gasteiger partial charge is 0.278 e. The third-order valence-electron chi connectivity index (χ3n) is 3.49. The van der Waals surface area contributed by atoms with Crippen LogP contribution in [0, 0.1) is 0 Å². The van der Waals surface area contributed by atoms with Crippen molar-refractivity contribution in [2.45, 2.75) is 12.5 Å². The number of ether oxygens (including phenoxy) is 2. The van der Waals surface area contributed by atoms with Gasteiger partial charge in [-0.1, -0.05) is 0 Å². The summed E-state index contributed by atoms with van der Waals surface area (Å²) in [5.41, 5.74) is 0. The lowest BCUT2D eigenvalue weighted by atomic mass is 10.3. The molecule has 0 radical (unpaired) electrons. The van der Waals surface area contributed by atoms with Gasteiger partial charge in [-0.2, -0.15) is 0 Å². The minimum Gasteiger partial charge on any atom is -0.477 e. The molecule has 0 aliphatic carbocycles. The van der Waals surface area contributed by atoms with Crippen LogP contribution in [0.5, 0.6) is 11.8 Å². The first kappa shape index (κ1) is 15.1. The van der Waals surface area contributed by atoms with Crippen molar-refractivity contribution in [3.8, 4) is 11.8 Å². The first-order valence-corrected chi connectivity index (χ1v) is 7.28. The van der Waals surface area contributed by atoms with Crippen LogP contribution in [0.3, 0.4) is 0 Å². The maximum absolute atomic E-state index is 12.2. The molecule has 0 spiro atoms. The quantitative estimate of drug-likeness (QED) is 0.783. The number of nitrogens with zero attached hydrogens (tertiary/aromatic N) is 3. The van der Waals surface area contributed by atoms with Gasteiger partial charge in [0.05, 0.1) is 19.9 Å². The zero-order chi connectivity index (χ0) is 16.1. The van der Waals surface area contributed by atoms with E-state index in [1.807, 2.05) is 0 Å². The number of amides is 1. The summed E-state index contributed by atoms with van der Waals surface area (Å²) in [6.07, 6.45) is 8.42.